The summed E-state index contributed by atoms with van der Waals surface area (Å²) in [5.74, 6) is 0. The van der Waals surface area contributed by atoms with Crippen LogP contribution < -0.4 is 0 Å². The first-order chi connectivity index (χ1) is 3.91. The van der Waals surface area contributed by atoms with Crippen LogP contribution in [0.25, 0.3) is 0 Å². The lowest BCUT2D eigenvalue weighted by atomic mass is 10.6. The summed E-state index contributed by atoms with van der Waals surface area (Å²) in [4.78, 5) is 3.89. The number of hydrogen-bond donors (Lipinski definition) is 0. The molecule has 0 bridgehead atoms. The van der Waals surface area contributed by atoms with E-state index in [2.05, 4.69) is 4.99 Å². The van der Waals surface area contributed by atoms with Crippen LogP contribution in [0.5, 0.6) is 0 Å². The van der Waals surface area contributed by atoms with E-state index >= 15 is 0 Å². The van der Waals surface area contributed by atoms with Crippen molar-refractivity contribution in [2.75, 3.05) is 0 Å². The number of hydrogen-bond acceptors (Lipinski definition) is 1. The molecule has 1 heteroatoms. The van der Waals surface area contributed by atoms with Gasteiger partial charge in [-0.25, -0.2) is 0 Å². The highest BCUT2D eigenvalue weighted by molar-refractivity contribution is 5.71. The average Bonchev–Trinajstić information content (AvgIpc) is 1.81. The van der Waals surface area contributed by atoms with Gasteiger partial charge in [0.05, 0.1) is 0 Å². The van der Waals surface area contributed by atoms with E-state index in [0.29, 0.717) is 0 Å². The molecular formula is C7H11N. The van der Waals surface area contributed by atoms with Crippen LogP contribution in [0.15, 0.2) is 29.4 Å². The van der Waals surface area contributed by atoms with E-state index in [-0.39, 0.29) is 0 Å². The van der Waals surface area contributed by atoms with Crippen molar-refractivity contribution in [2.45, 2.75) is 13.8 Å². The predicted molar refractivity (Wildman–Crippen MR) is 38.1 cm³/mol. The van der Waals surface area contributed by atoms with Crippen molar-refractivity contribution in [2.24, 2.45) is 4.99 Å². The molecule has 0 atom stereocenters. The van der Waals surface area contributed by atoms with Crippen molar-refractivity contribution in [1.82, 2.24) is 0 Å². The lowest BCUT2D eigenvalue weighted by Gasteiger charge is -1.69. The molecule has 0 aliphatic rings. The van der Waals surface area contributed by atoms with Crippen molar-refractivity contribution in [1.29, 1.82) is 0 Å². The molecule has 0 aliphatic carbocycles. The highest BCUT2D eigenvalue weighted by Crippen LogP contribution is 1.71. The lowest BCUT2D eigenvalue weighted by molar-refractivity contribution is 1.55. The van der Waals surface area contributed by atoms with Crippen LogP contribution in [0.2, 0.25) is 0 Å². The van der Waals surface area contributed by atoms with Crippen LogP contribution in [0.1, 0.15) is 13.8 Å². The maximum Gasteiger partial charge on any atom is 0.0264 e. The Morgan fingerprint density at radius 1 is 1.12 bits per heavy atom. The van der Waals surface area contributed by atoms with Crippen molar-refractivity contribution >= 4 is 6.21 Å². The summed E-state index contributed by atoms with van der Waals surface area (Å²) >= 11 is 0. The summed E-state index contributed by atoms with van der Waals surface area (Å²) in [7, 11) is 0. The van der Waals surface area contributed by atoms with Gasteiger partial charge in [0.2, 0.25) is 0 Å². The number of allylic oxidation sites excluding steroid dienone is 3. The molecule has 0 heterocycles. The van der Waals surface area contributed by atoms with Gasteiger partial charge in [0.15, 0.2) is 0 Å². The van der Waals surface area contributed by atoms with Gasteiger partial charge in [-0.1, -0.05) is 12.2 Å². The third kappa shape index (κ3) is 5.15. The zero-order chi connectivity index (χ0) is 6.24. The Kier molecular flexibility index (Phi) is 5.50. The third-order valence-corrected chi connectivity index (χ3v) is 0.600. The highest BCUT2D eigenvalue weighted by Gasteiger charge is 1.55. The minimum atomic E-state index is 1.75. The largest absolute Gasteiger partial charge is 0.265 e. The lowest BCUT2D eigenvalue weighted by Crippen LogP contribution is -1.57. The second-order valence-corrected chi connectivity index (χ2v) is 1.31. The number of aliphatic imine (C=N–C) groups is 1. The molecule has 0 saturated heterocycles. The molecule has 0 spiro atoms. The van der Waals surface area contributed by atoms with Crippen LogP contribution in [0.4, 0.5) is 0 Å². The van der Waals surface area contributed by atoms with Crippen molar-refractivity contribution < 1.29 is 0 Å². The van der Waals surface area contributed by atoms with Gasteiger partial charge in [0.25, 0.3) is 0 Å². The number of rotatable bonds is 2. The standard InChI is InChI=1S/C7H11N/c1-3-5-7-8-6-4-2/h3-7H,1-2H3/b5-3+,6-4-,8-7-. The molecule has 0 radical (unpaired) electrons. The second-order valence-electron chi connectivity index (χ2n) is 1.31. The Balaban J connectivity index is 3.35. The van der Waals surface area contributed by atoms with Gasteiger partial charge in [0.1, 0.15) is 0 Å². The molecular weight excluding hydrogens is 98.1 g/mol. The summed E-state index contributed by atoms with van der Waals surface area (Å²) < 4.78 is 0. The first kappa shape index (κ1) is 7.15. The molecule has 1 nitrogen and oxygen atoms in total. The first-order valence-corrected chi connectivity index (χ1v) is 2.67. The fourth-order valence-corrected chi connectivity index (χ4v) is 0.272. The van der Waals surface area contributed by atoms with Gasteiger partial charge in [-0.2, -0.15) is 0 Å². The maximum absolute atomic E-state index is 3.89. The number of nitrogens with zero attached hydrogens (tertiary/aromatic N) is 1. The molecule has 0 aromatic heterocycles. The van der Waals surface area contributed by atoms with Gasteiger partial charge in [-0.15, -0.1) is 0 Å². The quantitative estimate of drug-likeness (QED) is 0.482. The summed E-state index contributed by atoms with van der Waals surface area (Å²) in [6.07, 6.45) is 9.22. The van der Waals surface area contributed by atoms with E-state index in [0.717, 1.165) is 0 Å². The topological polar surface area (TPSA) is 12.4 Å². The van der Waals surface area contributed by atoms with Crippen LogP contribution >= 0.6 is 0 Å². The summed E-state index contributed by atoms with van der Waals surface area (Å²) in [6.45, 7) is 3.90. The van der Waals surface area contributed by atoms with Crippen molar-refractivity contribution in [3.8, 4) is 0 Å². The molecule has 0 aliphatic heterocycles. The van der Waals surface area contributed by atoms with E-state index in [1.807, 2.05) is 32.1 Å². The molecule has 44 valence electrons. The molecule has 0 N–H and O–H groups in total. The van der Waals surface area contributed by atoms with E-state index in [1.54, 1.807) is 12.4 Å². The molecule has 0 aromatic rings. The zero-order valence-electron chi connectivity index (χ0n) is 5.33. The van der Waals surface area contributed by atoms with Gasteiger partial charge in [0, 0.05) is 12.4 Å². The van der Waals surface area contributed by atoms with Crippen LogP contribution in [0.3, 0.4) is 0 Å². The molecule has 0 aromatic carbocycles. The van der Waals surface area contributed by atoms with Crippen LogP contribution in [0, 0.1) is 0 Å². The fraction of sp³-hybridized carbons (Fsp3) is 0.286. The van der Waals surface area contributed by atoms with Gasteiger partial charge in [-0.3, -0.25) is 4.99 Å². The summed E-state index contributed by atoms with van der Waals surface area (Å²) in [5.41, 5.74) is 0. The smallest absolute Gasteiger partial charge is 0.0264 e. The van der Waals surface area contributed by atoms with Gasteiger partial charge in [-0.05, 0) is 19.9 Å². The highest BCUT2D eigenvalue weighted by atomic mass is 14.6. The van der Waals surface area contributed by atoms with Crippen molar-refractivity contribution in [3.05, 3.63) is 24.4 Å². The Labute approximate surface area is 50.4 Å². The molecule has 0 fully saturated rings. The summed E-state index contributed by atoms with van der Waals surface area (Å²) in [6, 6.07) is 0. The Morgan fingerprint density at radius 3 is 2.38 bits per heavy atom. The fourth-order valence-electron chi connectivity index (χ4n) is 0.272. The van der Waals surface area contributed by atoms with E-state index in [4.69, 9.17) is 0 Å². The Bertz CT molecular complexity index is 95.6. The van der Waals surface area contributed by atoms with Crippen LogP contribution in [-0.2, 0) is 0 Å². The molecule has 0 saturated carbocycles. The molecule has 8 heavy (non-hydrogen) atoms. The van der Waals surface area contributed by atoms with E-state index < -0.39 is 0 Å². The van der Waals surface area contributed by atoms with Crippen molar-refractivity contribution in [3.63, 3.8) is 0 Å². The van der Waals surface area contributed by atoms with E-state index in [1.165, 1.54) is 0 Å². The predicted octanol–water partition coefficient (Wildman–Crippen LogP) is 2.17. The normalized spacial score (nSPS) is 12.8. The minimum absolute atomic E-state index is 1.75. The Hall–Kier alpha value is -0.850. The first-order valence-electron chi connectivity index (χ1n) is 2.67. The second kappa shape index (κ2) is 6.15. The molecule has 0 rings (SSSR count). The van der Waals surface area contributed by atoms with Gasteiger partial charge >= 0.3 is 0 Å². The third-order valence-electron chi connectivity index (χ3n) is 0.600. The van der Waals surface area contributed by atoms with Crippen LogP contribution in [-0.4, -0.2) is 6.21 Å². The minimum Gasteiger partial charge on any atom is -0.265 e. The van der Waals surface area contributed by atoms with E-state index in [9.17, 15) is 0 Å². The Morgan fingerprint density at radius 2 is 1.88 bits per heavy atom. The average molecular weight is 109 g/mol. The molecule has 0 unspecified atom stereocenters. The SMILES string of the molecule is C\C=C/N=C\C=C\C. The maximum atomic E-state index is 3.89. The molecule has 0 amide bonds. The zero-order valence-corrected chi connectivity index (χ0v) is 5.33. The summed E-state index contributed by atoms with van der Waals surface area (Å²) in [5, 5.41) is 0. The monoisotopic (exact) mass is 109 g/mol. The van der Waals surface area contributed by atoms with Gasteiger partial charge < -0.3 is 0 Å².